The number of fused-ring (bicyclic) bond motifs is 2. The van der Waals surface area contributed by atoms with Gasteiger partial charge < -0.3 is 45.9 Å². The number of carbonyl (C=O) groups is 3. The Morgan fingerprint density at radius 3 is 1.68 bits per heavy atom. The van der Waals surface area contributed by atoms with Gasteiger partial charge in [0, 0.05) is 53.3 Å². The molecule has 50 heavy (non-hydrogen) atoms. The minimum atomic E-state index is -0.608. The van der Waals surface area contributed by atoms with Crippen LogP contribution in [-0.4, -0.2) is 71.2 Å². The predicted molar refractivity (Wildman–Crippen MR) is 198 cm³/mol. The van der Waals surface area contributed by atoms with E-state index in [1.165, 1.54) is 17.0 Å². The third-order valence-corrected chi connectivity index (χ3v) is 7.33. The Morgan fingerprint density at radius 2 is 1.24 bits per heavy atom. The van der Waals surface area contributed by atoms with Crippen molar-refractivity contribution < 1.29 is 28.6 Å². The van der Waals surface area contributed by atoms with Crippen LogP contribution in [0.5, 0.6) is 0 Å². The first-order valence-corrected chi connectivity index (χ1v) is 16.8. The Hall–Kier alpha value is -4.97. The molecule has 0 aliphatic carbocycles. The van der Waals surface area contributed by atoms with Gasteiger partial charge in [0.05, 0.1) is 6.04 Å². The molecule has 2 aromatic heterocycles. The van der Waals surface area contributed by atoms with Crippen molar-refractivity contribution in [1.82, 2.24) is 25.9 Å². The van der Waals surface area contributed by atoms with Gasteiger partial charge in [0.1, 0.15) is 17.8 Å². The molecule has 0 radical (unpaired) electrons. The van der Waals surface area contributed by atoms with Crippen molar-refractivity contribution in [2.75, 3.05) is 19.7 Å². The van der Waals surface area contributed by atoms with Gasteiger partial charge in [-0.15, -0.1) is 0 Å². The van der Waals surface area contributed by atoms with Crippen molar-refractivity contribution in [3.8, 4) is 0 Å². The van der Waals surface area contributed by atoms with Crippen molar-refractivity contribution >= 4 is 40.1 Å². The van der Waals surface area contributed by atoms with E-state index in [1.54, 1.807) is 20.8 Å². The van der Waals surface area contributed by atoms with E-state index >= 15 is 0 Å². The summed E-state index contributed by atoms with van der Waals surface area (Å²) < 4.78 is 15.6. The summed E-state index contributed by atoms with van der Waals surface area (Å²) in [6, 6.07) is 11.9. The van der Waals surface area contributed by atoms with Crippen LogP contribution in [-0.2, 0) is 27.1 Å². The van der Waals surface area contributed by atoms with Gasteiger partial charge in [0.25, 0.3) is 0 Å². The number of nitrogens with two attached hydrogens (primary N) is 1. The van der Waals surface area contributed by atoms with Crippen LogP contribution in [0.15, 0.2) is 61.4 Å². The fraction of sp³-hybridized carbons (Fsp3) is 0.447. The third-order valence-electron chi connectivity index (χ3n) is 7.33. The van der Waals surface area contributed by atoms with Crippen LogP contribution in [0.2, 0.25) is 0 Å². The fourth-order valence-corrected chi connectivity index (χ4v) is 5.16. The van der Waals surface area contributed by atoms with E-state index in [2.05, 4.69) is 63.7 Å². The summed E-state index contributed by atoms with van der Waals surface area (Å²) in [4.78, 5) is 42.3. The first-order valence-electron chi connectivity index (χ1n) is 16.8. The van der Waals surface area contributed by atoms with Gasteiger partial charge in [-0.2, -0.15) is 0 Å². The van der Waals surface area contributed by atoms with Gasteiger partial charge in [-0.05, 0) is 104 Å². The summed E-state index contributed by atoms with van der Waals surface area (Å²) in [6.07, 6.45) is 5.04. The number of hydrogen-bond donors (Lipinski definition) is 6. The van der Waals surface area contributed by atoms with E-state index in [0.717, 1.165) is 33.1 Å². The SMILES string of the molecule is C=CCOC(=O)NC[C@H](Cc1c[nH]c2ccc(C)cc12)NC(=O)OC(C)(C)C.Cc1ccc2[nH]cc(C[C@@H](CN)NC(=O)OC(C)(C)C)c2c1. The van der Waals surface area contributed by atoms with Crippen LogP contribution in [0.1, 0.15) is 63.8 Å². The zero-order valence-electron chi connectivity index (χ0n) is 30.6. The summed E-state index contributed by atoms with van der Waals surface area (Å²) >= 11 is 0. The number of aryl methyl sites for hydroxylation is 2. The Morgan fingerprint density at radius 1 is 0.780 bits per heavy atom. The average molecular weight is 691 g/mol. The molecule has 0 saturated heterocycles. The molecule has 12 heteroatoms. The normalized spacial score (nSPS) is 12.7. The van der Waals surface area contributed by atoms with E-state index in [9.17, 15) is 14.4 Å². The Balaban J connectivity index is 0.000000278. The number of hydrogen-bond acceptors (Lipinski definition) is 7. The van der Waals surface area contributed by atoms with Gasteiger partial charge in [-0.1, -0.05) is 35.9 Å². The molecular weight excluding hydrogens is 636 g/mol. The van der Waals surface area contributed by atoms with Crippen LogP contribution in [0.25, 0.3) is 21.8 Å². The summed E-state index contributed by atoms with van der Waals surface area (Å²) in [5, 5.41) is 10.6. The Kier molecular flexibility index (Phi) is 13.9. The number of alkyl carbamates (subject to hydrolysis) is 3. The van der Waals surface area contributed by atoms with E-state index < -0.39 is 29.5 Å². The number of aromatic amines is 2. The molecule has 3 amide bonds. The number of benzene rings is 2. The second kappa shape index (κ2) is 17.6. The quantitative estimate of drug-likeness (QED) is 0.0751. The lowest BCUT2D eigenvalue weighted by Crippen LogP contribution is -2.46. The van der Waals surface area contributed by atoms with Crippen molar-refractivity contribution in [1.29, 1.82) is 0 Å². The standard InChI is InChI=1S/C21H29N3O4.C17H25N3O2/c1-6-9-27-19(25)23-13-16(24-20(26)28-21(3,4)5)11-15-12-22-18-8-7-14(2)10-17(15)18;1-11-5-6-15-14(7-11)12(10-19-15)8-13(9-18)20-16(21)22-17(2,3)4/h6-8,10,12,16,22H,1,9,11,13H2,2-5H3,(H,23,25)(H,24,26);5-7,10,13,19H,8-9,18H2,1-4H3,(H,20,21)/t16-;13-/m00/s1. The number of carbonyl (C=O) groups excluding carboxylic acids is 3. The molecule has 0 fully saturated rings. The Bertz CT molecular complexity index is 1750. The number of nitrogens with one attached hydrogen (secondary N) is 5. The third kappa shape index (κ3) is 13.1. The summed E-state index contributed by atoms with van der Waals surface area (Å²) in [7, 11) is 0. The number of ether oxygens (including phenoxy) is 3. The van der Waals surface area contributed by atoms with Crippen molar-refractivity contribution in [3.63, 3.8) is 0 Å². The van der Waals surface area contributed by atoms with Crippen LogP contribution in [0.4, 0.5) is 14.4 Å². The zero-order valence-corrected chi connectivity index (χ0v) is 30.6. The van der Waals surface area contributed by atoms with E-state index in [0.29, 0.717) is 19.4 Å². The molecule has 0 aliphatic heterocycles. The van der Waals surface area contributed by atoms with Crippen LogP contribution < -0.4 is 21.7 Å². The smallest absolute Gasteiger partial charge is 0.407 e. The highest BCUT2D eigenvalue weighted by molar-refractivity contribution is 5.85. The second-order valence-corrected chi connectivity index (χ2v) is 14.3. The molecule has 0 bridgehead atoms. The lowest BCUT2D eigenvalue weighted by molar-refractivity contribution is 0.0492. The largest absolute Gasteiger partial charge is 0.445 e. The number of aromatic nitrogens is 2. The van der Waals surface area contributed by atoms with E-state index in [-0.39, 0.29) is 25.2 Å². The fourth-order valence-electron chi connectivity index (χ4n) is 5.16. The maximum Gasteiger partial charge on any atom is 0.407 e. The van der Waals surface area contributed by atoms with Crippen molar-refractivity contribution in [2.24, 2.45) is 5.73 Å². The number of H-pyrrole nitrogens is 2. The molecule has 2 atom stereocenters. The topological polar surface area (TPSA) is 173 Å². The lowest BCUT2D eigenvalue weighted by atomic mass is 10.0. The molecule has 0 spiro atoms. The lowest BCUT2D eigenvalue weighted by Gasteiger charge is -2.24. The van der Waals surface area contributed by atoms with E-state index in [1.807, 2.05) is 52.2 Å². The highest BCUT2D eigenvalue weighted by atomic mass is 16.6. The Labute approximate surface area is 294 Å². The van der Waals surface area contributed by atoms with Gasteiger partial charge >= 0.3 is 18.3 Å². The maximum atomic E-state index is 12.2. The summed E-state index contributed by atoms with van der Waals surface area (Å²) in [6.45, 7) is 19.2. The average Bonchev–Trinajstić information content (AvgIpc) is 3.59. The van der Waals surface area contributed by atoms with Crippen LogP contribution in [0.3, 0.4) is 0 Å². The number of rotatable bonds is 11. The molecular formula is C38H54N6O6. The van der Waals surface area contributed by atoms with Crippen LogP contribution >= 0.6 is 0 Å². The molecule has 0 saturated carbocycles. The highest BCUT2D eigenvalue weighted by Gasteiger charge is 2.22. The molecule has 7 N–H and O–H groups in total. The van der Waals surface area contributed by atoms with Gasteiger partial charge in [0.2, 0.25) is 0 Å². The minimum Gasteiger partial charge on any atom is -0.445 e. The second-order valence-electron chi connectivity index (χ2n) is 14.3. The summed E-state index contributed by atoms with van der Waals surface area (Å²) in [5.41, 5.74) is 11.3. The molecule has 2 aromatic carbocycles. The van der Waals surface area contributed by atoms with Gasteiger partial charge in [-0.3, -0.25) is 0 Å². The first kappa shape index (κ1) is 39.5. The molecule has 0 unspecified atom stereocenters. The molecule has 4 aromatic rings. The predicted octanol–water partition coefficient (Wildman–Crippen LogP) is 6.70. The van der Waals surface area contributed by atoms with Crippen molar-refractivity contribution in [2.45, 2.75) is 91.5 Å². The van der Waals surface area contributed by atoms with Crippen molar-refractivity contribution in [3.05, 3.63) is 83.7 Å². The number of amides is 3. The molecule has 0 aliphatic rings. The monoisotopic (exact) mass is 690 g/mol. The van der Waals surface area contributed by atoms with Gasteiger partial charge in [-0.25, -0.2) is 14.4 Å². The molecule has 4 rings (SSSR count). The minimum absolute atomic E-state index is 0.123. The van der Waals surface area contributed by atoms with Crippen LogP contribution in [0, 0.1) is 13.8 Å². The zero-order chi connectivity index (χ0) is 37.1. The first-order chi connectivity index (χ1) is 23.5. The molecule has 12 nitrogen and oxygen atoms in total. The summed E-state index contributed by atoms with van der Waals surface area (Å²) in [5.74, 6) is 0. The van der Waals surface area contributed by atoms with Gasteiger partial charge in [0.15, 0.2) is 0 Å². The maximum absolute atomic E-state index is 12.2. The molecule has 272 valence electrons. The highest BCUT2D eigenvalue weighted by Crippen LogP contribution is 2.22. The molecule has 2 heterocycles. The van der Waals surface area contributed by atoms with E-state index in [4.69, 9.17) is 19.9 Å².